The predicted molar refractivity (Wildman–Crippen MR) is 87.5 cm³/mol. The van der Waals surface area contributed by atoms with Gasteiger partial charge in [-0.25, -0.2) is 17.7 Å². The number of anilines is 1. The average molecular weight is 325 g/mol. The van der Waals surface area contributed by atoms with E-state index < -0.39 is 10.0 Å². The van der Waals surface area contributed by atoms with Crippen LogP contribution in [0, 0.1) is 0 Å². The van der Waals surface area contributed by atoms with Crippen LogP contribution in [0.5, 0.6) is 0 Å². The van der Waals surface area contributed by atoms with Gasteiger partial charge in [0.05, 0.1) is 16.5 Å². The summed E-state index contributed by atoms with van der Waals surface area (Å²) in [5.74, 6) is 0. The molecule has 1 aliphatic rings. The van der Waals surface area contributed by atoms with Gasteiger partial charge >= 0.3 is 0 Å². The molecule has 0 aliphatic carbocycles. The fraction of sp³-hybridized carbons (Fsp3) is 0.500. The van der Waals surface area contributed by atoms with Crippen LogP contribution in [0.3, 0.4) is 0 Å². The molecule has 2 heterocycles. The Kier molecular flexibility index (Phi) is 3.90. The number of likely N-dealkylation sites (N-methyl/N-ethyl adjacent to an activating group) is 1. The topological polar surface area (TPSA) is 53.5 Å². The molecule has 0 bridgehead atoms. The Morgan fingerprint density at radius 3 is 2.86 bits per heavy atom. The van der Waals surface area contributed by atoms with Crippen molar-refractivity contribution in [3.05, 3.63) is 24.3 Å². The second kappa shape index (κ2) is 5.55. The summed E-state index contributed by atoms with van der Waals surface area (Å²) >= 11 is 1.67. The van der Waals surface area contributed by atoms with Crippen molar-refractivity contribution < 1.29 is 8.42 Å². The highest BCUT2D eigenvalue weighted by molar-refractivity contribution is 7.88. The molecule has 7 heteroatoms. The number of piperidine rings is 1. The van der Waals surface area contributed by atoms with Crippen molar-refractivity contribution in [3.8, 4) is 0 Å². The third kappa shape index (κ3) is 3.04. The normalized spacial score (nSPS) is 20.3. The largest absolute Gasteiger partial charge is 0.346 e. The lowest BCUT2D eigenvalue weighted by Crippen LogP contribution is -2.48. The molecule has 1 aromatic heterocycles. The van der Waals surface area contributed by atoms with Gasteiger partial charge in [0.25, 0.3) is 0 Å². The number of nitrogens with zero attached hydrogens (tertiary/aromatic N) is 3. The Bertz CT molecular complexity index is 709. The fourth-order valence-electron chi connectivity index (χ4n) is 2.69. The molecule has 114 valence electrons. The van der Waals surface area contributed by atoms with E-state index in [4.69, 9.17) is 0 Å². The molecule has 1 atom stereocenters. The molecule has 1 saturated heterocycles. The lowest BCUT2D eigenvalue weighted by molar-refractivity contribution is 0.322. The molecule has 1 fully saturated rings. The summed E-state index contributed by atoms with van der Waals surface area (Å²) < 4.78 is 26.1. The first-order valence-corrected chi connectivity index (χ1v) is 9.65. The number of rotatable bonds is 3. The van der Waals surface area contributed by atoms with Gasteiger partial charge in [-0.3, -0.25) is 0 Å². The van der Waals surface area contributed by atoms with Gasteiger partial charge in [0.1, 0.15) is 0 Å². The van der Waals surface area contributed by atoms with Gasteiger partial charge in [-0.2, -0.15) is 0 Å². The zero-order chi connectivity index (χ0) is 15.0. The average Bonchev–Trinajstić information content (AvgIpc) is 2.89. The van der Waals surface area contributed by atoms with E-state index in [2.05, 4.69) is 16.0 Å². The Morgan fingerprint density at radius 1 is 1.38 bits per heavy atom. The minimum atomic E-state index is -3.14. The maximum absolute atomic E-state index is 11.7. The number of para-hydroxylation sites is 1. The molecule has 2 aromatic rings. The highest BCUT2D eigenvalue weighted by Gasteiger charge is 2.29. The van der Waals surface area contributed by atoms with E-state index in [1.54, 1.807) is 18.4 Å². The molecule has 1 aromatic carbocycles. The summed E-state index contributed by atoms with van der Waals surface area (Å²) in [4.78, 5) is 6.88. The van der Waals surface area contributed by atoms with Crippen LogP contribution in [-0.2, 0) is 10.0 Å². The van der Waals surface area contributed by atoms with E-state index in [1.807, 2.05) is 18.2 Å². The van der Waals surface area contributed by atoms with Crippen LogP contribution in [-0.4, -0.2) is 50.1 Å². The van der Waals surface area contributed by atoms with Crippen LogP contribution in [0.15, 0.2) is 24.3 Å². The number of hydrogen-bond donors (Lipinski definition) is 0. The SMILES string of the molecule is CN(C1CCCN(c2nc3ccccc3s2)C1)S(C)(=O)=O. The van der Waals surface area contributed by atoms with Crippen molar-refractivity contribution >= 4 is 36.7 Å². The number of thiazole rings is 1. The van der Waals surface area contributed by atoms with Crippen molar-refractivity contribution in [2.24, 2.45) is 0 Å². The molecule has 5 nitrogen and oxygen atoms in total. The van der Waals surface area contributed by atoms with Crippen LogP contribution in [0.4, 0.5) is 5.13 Å². The molecule has 1 unspecified atom stereocenters. The molecule has 21 heavy (non-hydrogen) atoms. The first-order valence-electron chi connectivity index (χ1n) is 6.98. The monoisotopic (exact) mass is 325 g/mol. The van der Waals surface area contributed by atoms with Gasteiger partial charge in [-0.05, 0) is 25.0 Å². The lowest BCUT2D eigenvalue weighted by atomic mass is 10.1. The summed E-state index contributed by atoms with van der Waals surface area (Å²) in [6.45, 7) is 1.65. The minimum Gasteiger partial charge on any atom is -0.346 e. The van der Waals surface area contributed by atoms with E-state index in [9.17, 15) is 8.42 Å². The highest BCUT2D eigenvalue weighted by Crippen LogP contribution is 2.31. The van der Waals surface area contributed by atoms with E-state index in [0.717, 1.165) is 30.0 Å². The predicted octanol–water partition coefficient (Wildman–Crippen LogP) is 2.16. The molecule has 0 N–H and O–H groups in total. The van der Waals surface area contributed by atoms with Crippen LogP contribution in [0.25, 0.3) is 10.2 Å². The van der Waals surface area contributed by atoms with Gasteiger partial charge in [0.15, 0.2) is 5.13 Å². The Morgan fingerprint density at radius 2 is 2.14 bits per heavy atom. The summed E-state index contributed by atoms with van der Waals surface area (Å²) in [6.07, 6.45) is 3.16. The molecule has 0 saturated carbocycles. The van der Waals surface area contributed by atoms with Crippen molar-refractivity contribution in [3.63, 3.8) is 0 Å². The minimum absolute atomic E-state index is 0.0285. The molecule has 0 spiro atoms. The number of hydrogen-bond acceptors (Lipinski definition) is 5. The summed E-state index contributed by atoms with van der Waals surface area (Å²) in [7, 11) is -1.47. The standard InChI is InChI=1S/C14H19N3O2S2/c1-16(21(2,18)19)11-6-5-9-17(10-11)14-15-12-7-3-4-8-13(12)20-14/h3-4,7-8,11H,5-6,9-10H2,1-2H3. The van der Waals surface area contributed by atoms with Gasteiger partial charge in [0.2, 0.25) is 10.0 Å². The third-order valence-electron chi connectivity index (χ3n) is 3.99. The van der Waals surface area contributed by atoms with E-state index in [1.165, 1.54) is 15.3 Å². The van der Waals surface area contributed by atoms with Crippen molar-refractivity contribution in [1.29, 1.82) is 0 Å². The van der Waals surface area contributed by atoms with Crippen molar-refractivity contribution in [2.75, 3.05) is 31.3 Å². The first kappa shape index (κ1) is 14.7. The van der Waals surface area contributed by atoms with Crippen molar-refractivity contribution in [1.82, 2.24) is 9.29 Å². The van der Waals surface area contributed by atoms with Gasteiger partial charge in [0, 0.05) is 26.2 Å². The van der Waals surface area contributed by atoms with Gasteiger partial charge in [-0.15, -0.1) is 0 Å². The number of aromatic nitrogens is 1. The summed E-state index contributed by atoms with van der Waals surface area (Å²) in [6, 6.07) is 8.11. The Balaban J connectivity index is 1.82. The van der Waals surface area contributed by atoms with E-state index in [0.29, 0.717) is 6.54 Å². The molecular formula is C14H19N3O2S2. The summed E-state index contributed by atoms with van der Waals surface area (Å²) in [5.41, 5.74) is 1.01. The zero-order valence-electron chi connectivity index (χ0n) is 12.2. The second-order valence-corrected chi connectivity index (χ2v) is 8.54. The van der Waals surface area contributed by atoms with Crippen LogP contribution < -0.4 is 4.90 Å². The van der Waals surface area contributed by atoms with Crippen LogP contribution >= 0.6 is 11.3 Å². The maximum Gasteiger partial charge on any atom is 0.211 e. The molecule has 0 radical (unpaired) electrons. The molecule has 3 rings (SSSR count). The van der Waals surface area contributed by atoms with Gasteiger partial charge in [-0.1, -0.05) is 23.5 Å². The fourth-order valence-corrected chi connectivity index (χ4v) is 4.41. The lowest BCUT2D eigenvalue weighted by Gasteiger charge is -2.36. The van der Waals surface area contributed by atoms with Crippen LogP contribution in [0.1, 0.15) is 12.8 Å². The summed E-state index contributed by atoms with van der Waals surface area (Å²) in [5, 5.41) is 0.989. The zero-order valence-corrected chi connectivity index (χ0v) is 13.8. The number of sulfonamides is 1. The highest BCUT2D eigenvalue weighted by atomic mass is 32.2. The van der Waals surface area contributed by atoms with Crippen molar-refractivity contribution in [2.45, 2.75) is 18.9 Å². The Hall–Kier alpha value is -1.18. The maximum atomic E-state index is 11.7. The number of benzene rings is 1. The quantitative estimate of drug-likeness (QED) is 0.868. The Labute approximate surface area is 129 Å². The molecule has 0 amide bonds. The van der Waals surface area contributed by atoms with E-state index >= 15 is 0 Å². The second-order valence-electron chi connectivity index (χ2n) is 5.49. The molecular weight excluding hydrogens is 306 g/mol. The molecule has 1 aliphatic heterocycles. The van der Waals surface area contributed by atoms with Gasteiger partial charge < -0.3 is 4.90 Å². The first-order chi connectivity index (χ1) is 9.95. The van der Waals surface area contributed by atoms with E-state index in [-0.39, 0.29) is 6.04 Å². The third-order valence-corrected chi connectivity index (χ3v) is 6.43. The number of fused-ring (bicyclic) bond motifs is 1. The van der Waals surface area contributed by atoms with Crippen LogP contribution in [0.2, 0.25) is 0 Å². The smallest absolute Gasteiger partial charge is 0.211 e.